The smallest absolute Gasteiger partial charge is 0.271 e. The molecule has 2 aromatic carbocycles. The highest BCUT2D eigenvalue weighted by molar-refractivity contribution is 5.99. The van der Waals surface area contributed by atoms with Gasteiger partial charge < -0.3 is 19.2 Å². The van der Waals surface area contributed by atoms with Crippen LogP contribution in [0.2, 0.25) is 0 Å². The molecule has 31 heavy (non-hydrogen) atoms. The average Bonchev–Trinajstić information content (AvgIpc) is 3.15. The fourth-order valence-electron chi connectivity index (χ4n) is 4.14. The number of hydrogen-bond acceptors (Lipinski definition) is 5. The van der Waals surface area contributed by atoms with Crippen LogP contribution >= 0.6 is 0 Å². The summed E-state index contributed by atoms with van der Waals surface area (Å²) in [6, 6.07) is 9.26. The molecule has 1 atom stereocenters. The molecule has 4 rings (SSSR count). The van der Waals surface area contributed by atoms with Crippen LogP contribution in [0.4, 0.5) is 0 Å². The van der Waals surface area contributed by atoms with E-state index in [0.717, 1.165) is 23.7 Å². The van der Waals surface area contributed by atoms with E-state index in [1.165, 1.54) is 17.7 Å². The van der Waals surface area contributed by atoms with Gasteiger partial charge in [0.25, 0.3) is 5.91 Å². The van der Waals surface area contributed by atoms with Gasteiger partial charge in [0.05, 0.1) is 27.5 Å². The normalized spacial score (nSPS) is 15.7. The van der Waals surface area contributed by atoms with Crippen LogP contribution in [0.5, 0.6) is 17.2 Å². The first-order valence-electron chi connectivity index (χ1n) is 10.3. The zero-order chi connectivity index (χ0) is 22.0. The predicted molar refractivity (Wildman–Crippen MR) is 121 cm³/mol. The van der Waals surface area contributed by atoms with Crippen molar-refractivity contribution in [1.82, 2.24) is 10.4 Å². The Labute approximate surface area is 181 Å². The first-order chi connectivity index (χ1) is 15.0. The molecule has 1 aliphatic carbocycles. The van der Waals surface area contributed by atoms with Gasteiger partial charge in [-0.05, 0) is 61.1 Å². The second kappa shape index (κ2) is 8.71. The van der Waals surface area contributed by atoms with Crippen molar-refractivity contribution in [2.75, 3.05) is 21.3 Å². The molecular weight excluding hydrogens is 394 g/mol. The van der Waals surface area contributed by atoms with Gasteiger partial charge in [-0.15, -0.1) is 0 Å². The van der Waals surface area contributed by atoms with Crippen molar-refractivity contribution in [3.8, 4) is 17.2 Å². The molecule has 0 radical (unpaired) electrons. The number of aromatic amines is 1. The Balaban J connectivity index is 1.53. The number of hydrazone groups is 1. The van der Waals surface area contributed by atoms with Crippen LogP contribution in [0.1, 0.15) is 40.5 Å². The molecule has 1 heterocycles. The zero-order valence-electron chi connectivity index (χ0n) is 18.2. The maximum atomic E-state index is 12.7. The number of rotatable bonds is 6. The Morgan fingerprint density at radius 1 is 1.13 bits per heavy atom. The van der Waals surface area contributed by atoms with Gasteiger partial charge >= 0.3 is 0 Å². The van der Waals surface area contributed by atoms with E-state index in [9.17, 15) is 4.79 Å². The van der Waals surface area contributed by atoms with Crippen LogP contribution in [0.3, 0.4) is 0 Å². The number of H-pyrrole nitrogens is 1. The van der Waals surface area contributed by atoms with Gasteiger partial charge in [-0.3, -0.25) is 4.79 Å². The highest BCUT2D eigenvalue weighted by Gasteiger charge is 2.20. The number of carbonyl (C=O) groups is 1. The topological polar surface area (TPSA) is 84.9 Å². The molecule has 1 aromatic heterocycles. The van der Waals surface area contributed by atoms with E-state index in [4.69, 9.17) is 14.2 Å². The van der Waals surface area contributed by atoms with Gasteiger partial charge in [-0.25, -0.2) is 5.43 Å². The molecule has 0 bridgehead atoms. The molecule has 0 aliphatic heterocycles. The SMILES string of the molecule is COc1cc(/C=N\NC(=O)c2ccc3[nH]c4c(c3c2)CC(C)CC4)cc(OC)c1OC. The lowest BCUT2D eigenvalue weighted by atomic mass is 9.87. The van der Waals surface area contributed by atoms with Crippen molar-refractivity contribution in [3.63, 3.8) is 0 Å². The van der Waals surface area contributed by atoms with Crippen molar-refractivity contribution >= 4 is 23.0 Å². The summed E-state index contributed by atoms with van der Waals surface area (Å²) in [4.78, 5) is 16.2. The Morgan fingerprint density at radius 3 is 2.55 bits per heavy atom. The summed E-state index contributed by atoms with van der Waals surface area (Å²) in [5, 5.41) is 5.23. The quantitative estimate of drug-likeness (QED) is 0.464. The number of fused-ring (bicyclic) bond motifs is 3. The number of amides is 1. The maximum absolute atomic E-state index is 12.7. The Bertz CT molecular complexity index is 1120. The fourth-order valence-corrected chi connectivity index (χ4v) is 4.14. The van der Waals surface area contributed by atoms with E-state index in [-0.39, 0.29) is 5.91 Å². The average molecular weight is 421 g/mol. The minimum absolute atomic E-state index is 0.260. The summed E-state index contributed by atoms with van der Waals surface area (Å²) >= 11 is 0. The van der Waals surface area contributed by atoms with Crippen LogP contribution < -0.4 is 19.6 Å². The number of ether oxygens (including phenoxy) is 3. The molecule has 162 valence electrons. The lowest BCUT2D eigenvalue weighted by molar-refractivity contribution is 0.0955. The number of methoxy groups -OCH3 is 3. The van der Waals surface area contributed by atoms with E-state index in [0.29, 0.717) is 34.3 Å². The first kappa shape index (κ1) is 20.8. The highest BCUT2D eigenvalue weighted by atomic mass is 16.5. The van der Waals surface area contributed by atoms with Gasteiger partial charge in [-0.1, -0.05) is 6.92 Å². The molecule has 0 saturated carbocycles. The second-order valence-electron chi connectivity index (χ2n) is 7.85. The summed E-state index contributed by atoms with van der Waals surface area (Å²) in [5.74, 6) is 1.94. The van der Waals surface area contributed by atoms with E-state index < -0.39 is 0 Å². The molecule has 2 N–H and O–H groups in total. The molecule has 0 fully saturated rings. The Hall–Kier alpha value is -3.48. The van der Waals surface area contributed by atoms with E-state index in [2.05, 4.69) is 22.4 Å². The number of nitrogens with zero attached hydrogens (tertiary/aromatic N) is 1. The molecule has 3 aromatic rings. The predicted octanol–water partition coefficient (Wildman–Crippen LogP) is 4.08. The second-order valence-corrected chi connectivity index (χ2v) is 7.85. The summed E-state index contributed by atoms with van der Waals surface area (Å²) in [6.07, 6.45) is 4.84. The van der Waals surface area contributed by atoms with Crippen molar-refractivity contribution in [2.45, 2.75) is 26.2 Å². The number of nitrogens with one attached hydrogen (secondary N) is 2. The first-order valence-corrected chi connectivity index (χ1v) is 10.3. The standard InChI is InChI=1S/C24H27N3O4/c1-14-5-7-19-17(9-14)18-12-16(6-8-20(18)26-19)24(28)27-25-13-15-10-21(29-2)23(31-4)22(11-15)30-3/h6,8,10-14,26H,5,7,9H2,1-4H3,(H,27,28)/b25-13-. The summed E-state index contributed by atoms with van der Waals surface area (Å²) in [5.41, 5.74) is 7.60. The maximum Gasteiger partial charge on any atom is 0.271 e. The van der Waals surface area contributed by atoms with Crippen LogP contribution in [0.25, 0.3) is 10.9 Å². The number of benzene rings is 2. The minimum atomic E-state index is -0.260. The van der Waals surface area contributed by atoms with Gasteiger partial charge in [0.2, 0.25) is 5.75 Å². The van der Waals surface area contributed by atoms with Crippen molar-refractivity contribution < 1.29 is 19.0 Å². The number of hydrogen-bond donors (Lipinski definition) is 2. The third-order valence-electron chi connectivity index (χ3n) is 5.76. The van der Waals surface area contributed by atoms with Crippen LogP contribution in [0.15, 0.2) is 35.4 Å². The highest BCUT2D eigenvalue weighted by Crippen LogP contribution is 2.37. The number of aromatic nitrogens is 1. The van der Waals surface area contributed by atoms with E-state index in [1.54, 1.807) is 39.7 Å². The number of aryl methyl sites for hydroxylation is 1. The van der Waals surface area contributed by atoms with E-state index >= 15 is 0 Å². The monoisotopic (exact) mass is 421 g/mol. The molecule has 1 amide bonds. The summed E-state index contributed by atoms with van der Waals surface area (Å²) in [6.45, 7) is 2.27. The Morgan fingerprint density at radius 2 is 1.87 bits per heavy atom. The minimum Gasteiger partial charge on any atom is -0.493 e. The van der Waals surface area contributed by atoms with Gasteiger partial charge in [0.15, 0.2) is 11.5 Å². The lowest BCUT2D eigenvalue weighted by Crippen LogP contribution is -2.17. The fraction of sp³-hybridized carbons (Fsp3) is 0.333. The lowest BCUT2D eigenvalue weighted by Gasteiger charge is -2.18. The van der Waals surface area contributed by atoms with Crippen LogP contribution in [-0.4, -0.2) is 38.4 Å². The molecule has 7 nitrogen and oxygen atoms in total. The van der Waals surface area contributed by atoms with E-state index in [1.807, 2.05) is 18.2 Å². The van der Waals surface area contributed by atoms with Crippen LogP contribution in [0, 0.1) is 5.92 Å². The third kappa shape index (κ3) is 4.08. The molecule has 1 unspecified atom stereocenters. The third-order valence-corrected chi connectivity index (χ3v) is 5.76. The molecule has 0 saturated heterocycles. The summed E-state index contributed by atoms with van der Waals surface area (Å²) < 4.78 is 16.0. The van der Waals surface area contributed by atoms with Crippen molar-refractivity contribution in [1.29, 1.82) is 0 Å². The zero-order valence-corrected chi connectivity index (χ0v) is 18.2. The number of carbonyl (C=O) groups excluding carboxylic acids is 1. The molecule has 7 heteroatoms. The molecule has 1 aliphatic rings. The Kier molecular flexibility index (Phi) is 5.84. The molecule has 0 spiro atoms. The largest absolute Gasteiger partial charge is 0.493 e. The van der Waals surface area contributed by atoms with Crippen molar-refractivity contribution in [3.05, 3.63) is 52.7 Å². The summed E-state index contributed by atoms with van der Waals surface area (Å²) in [7, 11) is 4.65. The van der Waals surface area contributed by atoms with Gasteiger partial charge in [0.1, 0.15) is 0 Å². The van der Waals surface area contributed by atoms with Gasteiger partial charge in [0, 0.05) is 27.7 Å². The van der Waals surface area contributed by atoms with Crippen LogP contribution in [-0.2, 0) is 12.8 Å². The molecular formula is C24H27N3O4. The van der Waals surface area contributed by atoms with Gasteiger partial charge in [-0.2, -0.15) is 5.10 Å². The van der Waals surface area contributed by atoms with Crippen molar-refractivity contribution in [2.24, 2.45) is 11.0 Å².